The number of benzene rings is 1. The molecule has 5 heteroatoms. The zero-order valence-corrected chi connectivity index (χ0v) is 17.3. The molecule has 2 heterocycles. The summed E-state index contributed by atoms with van der Waals surface area (Å²) in [7, 11) is 0. The van der Waals surface area contributed by atoms with Gasteiger partial charge in [0.2, 0.25) is 0 Å². The van der Waals surface area contributed by atoms with E-state index in [4.69, 9.17) is 0 Å². The Hall–Kier alpha value is -1.30. The van der Waals surface area contributed by atoms with Crippen molar-refractivity contribution in [2.45, 2.75) is 49.3 Å². The summed E-state index contributed by atoms with van der Waals surface area (Å²) in [6.07, 6.45) is 3.85. The number of nitrogens with one attached hydrogen (secondary N) is 1. The monoisotopic (exact) mass is 388 g/mol. The lowest BCUT2D eigenvalue weighted by molar-refractivity contribution is 0.0795. The van der Waals surface area contributed by atoms with Gasteiger partial charge < -0.3 is 5.32 Å². The van der Waals surface area contributed by atoms with E-state index in [0.29, 0.717) is 6.54 Å². The smallest absolute Gasteiger partial charge is 0.252 e. The Labute approximate surface area is 165 Å². The summed E-state index contributed by atoms with van der Waals surface area (Å²) in [6.45, 7) is 7.41. The molecule has 3 rings (SSSR count). The van der Waals surface area contributed by atoms with Gasteiger partial charge in [0.15, 0.2) is 0 Å². The van der Waals surface area contributed by atoms with Crippen LogP contribution in [0.5, 0.6) is 0 Å². The molecule has 1 N–H and O–H groups in total. The lowest BCUT2D eigenvalue weighted by atomic mass is 9.98. The van der Waals surface area contributed by atoms with E-state index in [-0.39, 0.29) is 11.4 Å². The van der Waals surface area contributed by atoms with Crippen LogP contribution in [0.15, 0.2) is 46.7 Å². The maximum absolute atomic E-state index is 12.8. The van der Waals surface area contributed by atoms with Crippen LogP contribution in [0.2, 0.25) is 0 Å². The third-order valence-electron chi connectivity index (χ3n) is 4.98. The Morgan fingerprint density at radius 3 is 2.65 bits per heavy atom. The standard InChI is InChI=1S/C21H28N2OS2/c1-21(2,23-12-6-3-7-13-23)16-22-20(24)18-10-4-5-11-19(18)26-15-17-9-8-14-25-17/h4-5,8-11,14H,3,6-7,12-13,15-16H2,1-2H3,(H,22,24). The van der Waals surface area contributed by atoms with Crippen LogP contribution in [0.4, 0.5) is 0 Å². The molecule has 0 radical (unpaired) electrons. The van der Waals surface area contributed by atoms with Crippen LogP contribution in [-0.4, -0.2) is 36.0 Å². The number of thiophene rings is 1. The third-order valence-corrected chi connectivity index (χ3v) is 7.16. The van der Waals surface area contributed by atoms with Gasteiger partial charge in [0.1, 0.15) is 0 Å². The molecule has 0 aliphatic carbocycles. The van der Waals surface area contributed by atoms with Crippen molar-refractivity contribution in [1.29, 1.82) is 0 Å². The van der Waals surface area contributed by atoms with Gasteiger partial charge in [-0.25, -0.2) is 0 Å². The molecule has 1 aliphatic rings. The van der Waals surface area contributed by atoms with Gasteiger partial charge in [-0.05, 0) is 63.4 Å². The van der Waals surface area contributed by atoms with E-state index in [1.807, 2.05) is 24.3 Å². The first kappa shape index (κ1) is 19.5. The molecule has 1 aliphatic heterocycles. The Bertz CT molecular complexity index is 707. The van der Waals surface area contributed by atoms with Crippen LogP contribution < -0.4 is 5.32 Å². The van der Waals surface area contributed by atoms with E-state index in [1.165, 1.54) is 24.1 Å². The minimum atomic E-state index is -0.00483. The van der Waals surface area contributed by atoms with Crippen LogP contribution in [0, 0.1) is 0 Å². The van der Waals surface area contributed by atoms with Gasteiger partial charge in [-0.2, -0.15) is 0 Å². The normalized spacial score (nSPS) is 15.8. The highest BCUT2D eigenvalue weighted by Crippen LogP contribution is 2.28. The summed E-state index contributed by atoms with van der Waals surface area (Å²) < 4.78 is 0. The molecule has 1 fully saturated rings. The maximum atomic E-state index is 12.8. The van der Waals surface area contributed by atoms with Gasteiger partial charge in [-0.15, -0.1) is 23.1 Å². The van der Waals surface area contributed by atoms with Crippen LogP contribution in [0.1, 0.15) is 48.3 Å². The Kier molecular flexibility index (Phi) is 6.79. The van der Waals surface area contributed by atoms with Crippen molar-refractivity contribution in [3.05, 3.63) is 52.2 Å². The fourth-order valence-electron chi connectivity index (χ4n) is 3.33. The van der Waals surface area contributed by atoms with E-state index < -0.39 is 0 Å². The second-order valence-electron chi connectivity index (χ2n) is 7.41. The number of nitrogens with zero attached hydrogens (tertiary/aromatic N) is 1. The predicted molar refractivity (Wildman–Crippen MR) is 112 cm³/mol. The lowest BCUT2D eigenvalue weighted by Gasteiger charge is -2.41. The molecular weight excluding hydrogens is 360 g/mol. The van der Waals surface area contributed by atoms with Crippen molar-refractivity contribution in [3.8, 4) is 0 Å². The highest BCUT2D eigenvalue weighted by atomic mass is 32.2. The molecule has 1 saturated heterocycles. The fraction of sp³-hybridized carbons (Fsp3) is 0.476. The first-order valence-corrected chi connectivity index (χ1v) is 11.2. The van der Waals surface area contributed by atoms with Gasteiger partial charge >= 0.3 is 0 Å². The molecule has 1 amide bonds. The summed E-state index contributed by atoms with van der Waals surface area (Å²) in [5, 5.41) is 5.27. The molecule has 1 aromatic heterocycles. The van der Waals surface area contributed by atoms with Crippen molar-refractivity contribution < 1.29 is 4.79 Å². The number of hydrogen-bond donors (Lipinski definition) is 1. The van der Waals surface area contributed by atoms with Crippen LogP contribution >= 0.6 is 23.1 Å². The molecule has 0 spiro atoms. The van der Waals surface area contributed by atoms with E-state index in [1.54, 1.807) is 23.1 Å². The van der Waals surface area contributed by atoms with Gasteiger partial charge in [0.05, 0.1) is 5.56 Å². The first-order valence-electron chi connectivity index (χ1n) is 9.34. The minimum absolute atomic E-state index is 0.00483. The number of likely N-dealkylation sites (tertiary alicyclic amines) is 1. The highest BCUT2D eigenvalue weighted by Gasteiger charge is 2.28. The molecule has 0 unspecified atom stereocenters. The Morgan fingerprint density at radius 2 is 1.92 bits per heavy atom. The summed E-state index contributed by atoms with van der Waals surface area (Å²) in [5.41, 5.74) is 0.776. The topological polar surface area (TPSA) is 32.3 Å². The second kappa shape index (κ2) is 9.07. The molecule has 140 valence electrons. The number of rotatable bonds is 7. The molecule has 0 saturated carbocycles. The number of thioether (sulfide) groups is 1. The van der Waals surface area contributed by atoms with Crippen LogP contribution in [-0.2, 0) is 5.75 Å². The third kappa shape index (κ3) is 5.12. The van der Waals surface area contributed by atoms with Gasteiger partial charge in [-0.1, -0.05) is 24.6 Å². The van der Waals surface area contributed by atoms with Crippen molar-refractivity contribution in [1.82, 2.24) is 10.2 Å². The predicted octanol–water partition coefficient (Wildman–Crippen LogP) is 5.03. The van der Waals surface area contributed by atoms with E-state index in [9.17, 15) is 4.79 Å². The number of amides is 1. The first-order chi connectivity index (χ1) is 12.6. The lowest BCUT2D eigenvalue weighted by Crippen LogP contribution is -2.53. The molecule has 3 nitrogen and oxygen atoms in total. The fourth-order valence-corrected chi connectivity index (χ4v) is 5.15. The summed E-state index contributed by atoms with van der Waals surface area (Å²) in [5.74, 6) is 0.936. The molecule has 26 heavy (non-hydrogen) atoms. The zero-order valence-electron chi connectivity index (χ0n) is 15.7. The average molecular weight is 389 g/mol. The van der Waals surface area contributed by atoms with Crippen LogP contribution in [0.3, 0.4) is 0 Å². The number of carbonyl (C=O) groups is 1. The van der Waals surface area contributed by atoms with Gasteiger partial charge in [0.25, 0.3) is 5.91 Å². The molecular formula is C21H28N2OS2. The average Bonchev–Trinajstić information content (AvgIpc) is 3.19. The van der Waals surface area contributed by atoms with E-state index in [2.05, 4.69) is 41.6 Å². The second-order valence-corrected chi connectivity index (χ2v) is 9.46. The van der Waals surface area contributed by atoms with Crippen molar-refractivity contribution in [2.24, 2.45) is 0 Å². The van der Waals surface area contributed by atoms with Crippen molar-refractivity contribution in [2.75, 3.05) is 19.6 Å². The quantitative estimate of drug-likeness (QED) is 0.675. The molecule has 0 atom stereocenters. The molecule has 0 bridgehead atoms. The summed E-state index contributed by atoms with van der Waals surface area (Å²) >= 11 is 3.49. The Balaban J connectivity index is 1.60. The molecule has 1 aromatic carbocycles. The SMILES string of the molecule is CC(C)(CNC(=O)c1ccccc1SCc1cccs1)N1CCCCC1. The summed E-state index contributed by atoms with van der Waals surface area (Å²) in [6, 6.07) is 12.1. The largest absolute Gasteiger partial charge is 0.350 e. The Morgan fingerprint density at radius 1 is 1.15 bits per heavy atom. The van der Waals surface area contributed by atoms with E-state index in [0.717, 1.165) is 29.3 Å². The minimum Gasteiger partial charge on any atom is -0.350 e. The van der Waals surface area contributed by atoms with Crippen LogP contribution in [0.25, 0.3) is 0 Å². The zero-order chi connectivity index (χ0) is 18.4. The maximum Gasteiger partial charge on any atom is 0.252 e. The van der Waals surface area contributed by atoms with E-state index >= 15 is 0 Å². The number of piperidine rings is 1. The van der Waals surface area contributed by atoms with Gasteiger partial charge in [0, 0.05) is 27.6 Å². The number of carbonyl (C=O) groups excluding carboxylic acids is 1. The molecule has 2 aromatic rings. The number of hydrogen-bond acceptors (Lipinski definition) is 4. The van der Waals surface area contributed by atoms with Crippen molar-refractivity contribution >= 4 is 29.0 Å². The van der Waals surface area contributed by atoms with Crippen molar-refractivity contribution in [3.63, 3.8) is 0 Å². The highest BCUT2D eigenvalue weighted by molar-refractivity contribution is 7.98. The van der Waals surface area contributed by atoms with Gasteiger partial charge in [-0.3, -0.25) is 9.69 Å². The summed E-state index contributed by atoms with van der Waals surface area (Å²) in [4.78, 5) is 17.7.